The summed E-state index contributed by atoms with van der Waals surface area (Å²) in [6.07, 6.45) is 0. The molecular weight excluding hydrogens is 389 g/mol. The number of anilines is 1. The van der Waals surface area contributed by atoms with Gasteiger partial charge in [-0.2, -0.15) is 0 Å². The zero-order valence-electron chi connectivity index (χ0n) is 10.8. The molecule has 0 saturated carbocycles. The Hall–Kier alpha value is -1.12. The van der Waals surface area contributed by atoms with E-state index in [1.165, 1.54) is 0 Å². The Kier molecular flexibility index (Phi) is 4.66. The van der Waals surface area contributed by atoms with Crippen LogP contribution in [0.3, 0.4) is 0 Å². The van der Waals surface area contributed by atoms with E-state index >= 15 is 0 Å². The third-order valence-electron chi connectivity index (χ3n) is 2.85. The summed E-state index contributed by atoms with van der Waals surface area (Å²) in [5, 5.41) is 9.12. The summed E-state index contributed by atoms with van der Waals surface area (Å²) in [5.74, 6) is 0. The fourth-order valence-corrected chi connectivity index (χ4v) is 3.18. The van der Waals surface area contributed by atoms with E-state index in [4.69, 9.17) is 5.11 Å². The van der Waals surface area contributed by atoms with Gasteiger partial charge in [-0.15, -0.1) is 0 Å². The minimum Gasteiger partial charge on any atom is -0.392 e. The number of aryl methyl sites for hydroxylation is 1. The molecule has 2 N–H and O–H groups in total. The molecule has 0 radical (unpaired) electrons. The van der Waals surface area contributed by atoms with Gasteiger partial charge in [-0.25, -0.2) is 8.42 Å². The second kappa shape index (κ2) is 6.11. The van der Waals surface area contributed by atoms with Gasteiger partial charge in [0, 0.05) is 3.57 Å². The molecule has 6 heteroatoms. The zero-order valence-corrected chi connectivity index (χ0v) is 13.8. The lowest BCUT2D eigenvalue weighted by Gasteiger charge is -2.12. The van der Waals surface area contributed by atoms with E-state index in [2.05, 4.69) is 27.3 Å². The fraction of sp³-hybridized carbons (Fsp3) is 0.143. The summed E-state index contributed by atoms with van der Waals surface area (Å²) in [6, 6.07) is 11.8. The van der Waals surface area contributed by atoms with Gasteiger partial charge in [-0.3, -0.25) is 4.72 Å². The summed E-state index contributed by atoms with van der Waals surface area (Å²) < 4.78 is 28.1. The largest absolute Gasteiger partial charge is 0.392 e. The molecule has 0 aliphatic heterocycles. The summed E-state index contributed by atoms with van der Waals surface area (Å²) in [6.45, 7) is 1.69. The van der Waals surface area contributed by atoms with Crippen LogP contribution in [0.5, 0.6) is 0 Å². The minimum absolute atomic E-state index is 0.126. The van der Waals surface area contributed by atoms with Crippen molar-refractivity contribution in [3.63, 3.8) is 0 Å². The molecular formula is C14H14INO3S. The van der Waals surface area contributed by atoms with Gasteiger partial charge in [0.05, 0.1) is 17.2 Å². The number of sulfonamides is 1. The Labute approximate surface area is 132 Å². The molecule has 4 nitrogen and oxygen atoms in total. The zero-order chi connectivity index (χ0) is 14.8. The van der Waals surface area contributed by atoms with Crippen molar-refractivity contribution in [2.75, 3.05) is 4.72 Å². The second-order valence-corrected chi connectivity index (χ2v) is 7.29. The van der Waals surface area contributed by atoms with Crippen LogP contribution in [0.1, 0.15) is 11.1 Å². The molecule has 0 saturated heterocycles. The van der Waals surface area contributed by atoms with Gasteiger partial charge in [0.2, 0.25) is 0 Å². The van der Waals surface area contributed by atoms with E-state index in [9.17, 15) is 8.42 Å². The first kappa shape index (κ1) is 15.3. The molecule has 2 aromatic rings. The third kappa shape index (κ3) is 3.50. The van der Waals surface area contributed by atoms with E-state index in [1.807, 2.05) is 6.92 Å². The second-order valence-electron chi connectivity index (χ2n) is 4.37. The highest BCUT2D eigenvalue weighted by Crippen LogP contribution is 2.21. The van der Waals surface area contributed by atoms with Gasteiger partial charge in [0.25, 0.3) is 10.0 Å². The predicted octanol–water partition coefficient (Wildman–Crippen LogP) is 2.89. The maximum atomic E-state index is 12.3. The maximum absolute atomic E-state index is 12.3. The molecule has 0 bridgehead atoms. The van der Waals surface area contributed by atoms with E-state index in [0.29, 0.717) is 11.3 Å². The Bertz CT molecular complexity index is 712. The standard InChI is InChI=1S/C14H14INO3S/c1-10-2-3-11(9-17)8-14(10)16-20(18,19)13-6-4-12(15)5-7-13/h2-8,16-17H,9H2,1H3. The van der Waals surface area contributed by atoms with Crippen molar-refractivity contribution in [1.82, 2.24) is 0 Å². The highest BCUT2D eigenvalue weighted by atomic mass is 127. The molecule has 2 aromatic carbocycles. The molecule has 106 valence electrons. The lowest BCUT2D eigenvalue weighted by Crippen LogP contribution is -2.14. The van der Waals surface area contributed by atoms with Crippen molar-refractivity contribution >= 4 is 38.3 Å². The SMILES string of the molecule is Cc1ccc(CO)cc1NS(=O)(=O)c1ccc(I)cc1. The van der Waals surface area contributed by atoms with Crippen LogP contribution in [-0.2, 0) is 16.6 Å². The van der Waals surface area contributed by atoms with Crippen molar-refractivity contribution in [1.29, 1.82) is 0 Å². The average molecular weight is 403 g/mol. The van der Waals surface area contributed by atoms with Crippen LogP contribution < -0.4 is 4.72 Å². The Morgan fingerprint density at radius 2 is 1.80 bits per heavy atom. The van der Waals surface area contributed by atoms with E-state index in [0.717, 1.165) is 9.13 Å². The molecule has 0 atom stereocenters. The van der Waals surface area contributed by atoms with Gasteiger partial charge in [0.1, 0.15) is 0 Å². The quantitative estimate of drug-likeness (QED) is 0.772. The van der Waals surface area contributed by atoms with Gasteiger partial charge in [0.15, 0.2) is 0 Å². The van der Waals surface area contributed by atoms with Crippen molar-refractivity contribution in [3.05, 3.63) is 57.2 Å². The number of aliphatic hydroxyl groups is 1. The minimum atomic E-state index is -3.61. The van der Waals surface area contributed by atoms with Crippen molar-refractivity contribution < 1.29 is 13.5 Å². The third-order valence-corrected chi connectivity index (χ3v) is 4.95. The van der Waals surface area contributed by atoms with E-state index in [-0.39, 0.29) is 11.5 Å². The Balaban J connectivity index is 2.35. The molecule has 0 fully saturated rings. The van der Waals surface area contributed by atoms with E-state index in [1.54, 1.807) is 42.5 Å². The van der Waals surface area contributed by atoms with Crippen molar-refractivity contribution in [2.24, 2.45) is 0 Å². The molecule has 20 heavy (non-hydrogen) atoms. The lowest BCUT2D eigenvalue weighted by molar-refractivity contribution is 0.282. The lowest BCUT2D eigenvalue weighted by atomic mass is 10.1. The molecule has 0 aromatic heterocycles. The van der Waals surface area contributed by atoms with Crippen LogP contribution in [0.2, 0.25) is 0 Å². The summed E-state index contributed by atoms with van der Waals surface area (Å²) in [4.78, 5) is 0.215. The van der Waals surface area contributed by atoms with Crippen LogP contribution >= 0.6 is 22.6 Å². The molecule has 0 heterocycles. The van der Waals surface area contributed by atoms with Crippen LogP contribution in [-0.4, -0.2) is 13.5 Å². The van der Waals surface area contributed by atoms with Crippen LogP contribution in [0.4, 0.5) is 5.69 Å². The summed E-state index contributed by atoms with van der Waals surface area (Å²) in [7, 11) is -3.61. The summed E-state index contributed by atoms with van der Waals surface area (Å²) in [5.41, 5.74) is 1.95. The van der Waals surface area contributed by atoms with Gasteiger partial charge < -0.3 is 5.11 Å². The Morgan fingerprint density at radius 1 is 1.15 bits per heavy atom. The van der Waals surface area contributed by atoms with Gasteiger partial charge in [-0.1, -0.05) is 12.1 Å². The fourth-order valence-electron chi connectivity index (χ4n) is 1.69. The van der Waals surface area contributed by atoms with Crippen LogP contribution in [0.25, 0.3) is 0 Å². The van der Waals surface area contributed by atoms with Crippen LogP contribution in [0.15, 0.2) is 47.4 Å². The number of benzene rings is 2. The molecule has 0 unspecified atom stereocenters. The van der Waals surface area contributed by atoms with Crippen molar-refractivity contribution in [3.8, 4) is 0 Å². The first-order chi connectivity index (χ1) is 9.42. The van der Waals surface area contributed by atoms with Gasteiger partial charge in [-0.05, 0) is 71.0 Å². The van der Waals surface area contributed by atoms with Crippen molar-refractivity contribution in [2.45, 2.75) is 18.4 Å². The molecule has 0 amide bonds. The predicted molar refractivity (Wildman–Crippen MR) is 87.1 cm³/mol. The average Bonchev–Trinajstić information content (AvgIpc) is 2.41. The number of aliphatic hydroxyl groups excluding tert-OH is 1. The number of hydrogen-bond donors (Lipinski definition) is 2. The van der Waals surface area contributed by atoms with Gasteiger partial charge >= 0.3 is 0 Å². The van der Waals surface area contributed by atoms with E-state index < -0.39 is 10.0 Å². The molecule has 2 rings (SSSR count). The molecule has 0 aliphatic rings. The highest BCUT2D eigenvalue weighted by Gasteiger charge is 2.15. The number of rotatable bonds is 4. The van der Waals surface area contributed by atoms with Crippen LogP contribution in [0, 0.1) is 10.5 Å². The topological polar surface area (TPSA) is 66.4 Å². The number of halogens is 1. The highest BCUT2D eigenvalue weighted by molar-refractivity contribution is 14.1. The first-order valence-electron chi connectivity index (χ1n) is 5.91. The summed E-state index contributed by atoms with van der Waals surface area (Å²) >= 11 is 2.12. The molecule has 0 spiro atoms. The number of hydrogen-bond acceptors (Lipinski definition) is 3. The maximum Gasteiger partial charge on any atom is 0.261 e. The monoisotopic (exact) mass is 403 g/mol. The molecule has 0 aliphatic carbocycles. The smallest absolute Gasteiger partial charge is 0.261 e. The first-order valence-corrected chi connectivity index (χ1v) is 8.47. The normalized spacial score (nSPS) is 11.3. The Morgan fingerprint density at radius 3 is 2.40 bits per heavy atom. The number of nitrogens with one attached hydrogen (secondary N) is 1.